The zero-order valence-corrected chi connectivity index (χ0v) is 20.7. The zero-order valence-electron chi connectivity index (χ0n) is 19.0. The van der Waals surface area contributed by atoms with Gasteiger partial charge in [0.2, 0.25) is 5.89 Å². The van der Waals surface area contributed by atoms with Crippen molar-refractivity contribution in [3.8, 4) is 0 Å². The zero-order chi connectivity index (χ0) is 21.0. The van der Waals surface area contributed by atoms with Crippen molar-refractivity contribution in [3.63, 3.8) is 0 Å². The highest BCUT2D eigenvalue weighted by Crippen LogP contribution is 2.38. The smallest absolute Gasteiger partial charge is 0.292 e. The van der Waals surface area contributed by atoms with Crippen molar-refractivity contribution < 1.29 is 9.32 Å². The fourth-order valence-electron chi connectivity index (χ4n) is 5.47. The fraction of sp³-hybridized carbons (Fsp3) is 0.625. The summed E-state index contributed by atoms with van der Waals surface area (Å²) in [5.74, 6) is 2.19. The van der Waals surface area contributed by atoms with Crippen molar-refractivity contribution in [1.82, 2.24) is 25.3 Å². The number of fused-ring (bicyclic) bond motifs is 3. The quantitative estimate of drug-likeness (QED) is 0.630. The Hall–Kier alpha value is -1.67. The summed E-state index contributed by atoms with van der Waals surface area (Å²) in [4.78, 5) is 21.9. The number of aromatic nitrogens is 2. The number of carbonyl (C=O) groups is 1. The summed E-state index contributed by atoms with van der Waals surface area (Å²) in [7, 11) is 0. The van der Waals surface area contributed by atoms with Gasteiger partial charge in [-0.15, -0.1) is 24.8 Å². The normalized spacial score (nSPS) is 25.2. The summed E-state index contributed by atoms with van der Waals surface area (Å²) >= 11 is 0. The molecule has 2 bridgehead atoms. The van der Waals surface area contributed by atoms with Gasteiger partial charge in [-0.3, -0.25) is 9.69 Å². The van der Waals surface area contributed by atoms with Crippen molar-refractivity contribution in [2.24, 2.45) is 11.8 Å². The summed E-state index contributed by atoms with van der Waals surface area (Å²) in [6, 6.07) is 10.7. The van der Waals surface area contributed by atoms with E-state index in [9.17, 15) is 4.79 Å². The van der Waals surface area contributed by atoms with Gasteiger partial charge in [-0.1, -0.05) is 35.5 Å². The van der Waals surface area contributed by atoms with Gasteiger partial charge in [0.1, 0.15) is 0 Å². The molecule has 5 heterocycles. The van der Waals surface area contributed by atoms with Gasteiger partial charge in [-0.25, -0.2) is 0 Å². The second-order valence-electron chi connectivity index (χ2n) is 9.45. The molecule has 7 nitrogen and oxygen atoms in total. The predicted octanol–water partition coefficient (Wildman–Crippen LogP) is 3.75. The molecule has 1 N–H and O–H groups in total. The van der Waals surface area contributed by atoms with E-state index in [2.05, 4.69) is 55.6 Å². The molecule has 1 amide bonds. The Morgan fingerprint density at radius 1 is 1.03 bits per heavy atom. The van der Waals surface area contributed by atoms with Crippen LogP contribution in [0.1, 0.15) is 60.1 Å². The van der Waals surface area contributed by atoms with E-state index in [1.165, 1.54) is 44.3 Å². The monoisotopic (exact) mass is 495 g/mol. The highest BCUT2D eigenvalue weighted by molar-refractivity contribution is 5.90. The van der Waals surface area contributed by atoms with Crippen LogP contribution in [0.3, 0.4) is 0 Å². The largest absolute Gasteiger partial charge is 0.349 e. The molecule has 2 aromatic rings. The predicted molar refractivity (Wildman–Crippen MR) is 132 cm³/mol. The average molecular weight is 496 g/mol. The molecule has 9 heteroatoms. The van der Waals surface area contributed by atoms with Crippen LogP contribution in [0.15, 0.2) is 34.9 Å². The van der Waals surface area contributed by atoms with Crippen LogP contribution in [0.25, 0.3) is 0 Å². The van der Waals surface area contributed by atoms with Gasteiger partial charge >= 0.3 is 0 Å². The van der Waals surface area contributed by atoms with Crippen LogP contribution < -0.4 is 5.32 Å². The molecule has 4 saturated heterocycles. The molecule has 0 saturated carbocycles. The highest BCUT2D eigenvalue weighted by atomic mass is 35.5. The molecule has 182 valence electrons. The summed E-state index contributed by atoms with van der Waals surface area (Å²) in [5.41, 5.74) is 1.38. The lowest BCUT2D eigenvalue weighted by molar-refractivity contribution is 0.0727. The van der Waals surface area contributed by atoms with Gasteiger partial charge in [-0.05, 0) is 75.7 Å². The first-order chi connectivity index (χ1) is 15.2. The van der Waals surface area contributed by atoms with Gasteiger partial charge in [0.15, 0.2) is 0 Å². The van der Waals surface area contributed by atoms with E-state index >= 15 is 0 Å². The van der Waals surface area contributed by atoms with E-state index in [0.29, 0.717) is 24.3 Å². The second kappa shape index (κ2) is 12.2. The van der Waals surface area contributed by atoms with Gasteiger partial charge < -0.3 is 14.7 Å². The van der Waals surface area contributed by atoms with Crippen molar-refractivity contribution in [2.75, 3.05) is 39.3 Å². The lowest BCUT2D eigenvalue weighted by atomic mass is 9.79. The summed E-state index contributed by atoms with van der Waals surface area (Å²) in [5, 5.41) is 6.97. The molecule has 6 rings (SSSR count). The Kier molecular flexibility index (Phi) is 9.56. The van der Waals surface area contributed by atoms with Crippen LogP contribution in [0.2, 0.25) is 0 Å². The number of amides is 1. The van der Waals surface area contributed by atoms with Gasteiger partial charge in [-0.2, -0.15) is 4.98 Å². The van der Waals surface area contributed by atoms with E-state index in [1.54, 1.807) is 0 Å². The third-order valence-electron chi connectivity index (χ3n) is 7.41. The molecule has 0 spiro atoms. The first-order valence-corrected chi connectivity index (χ1v) is 11.8. The van der Waals surface area contributed by atoms with E-state index in [0.717, 1.165) is 32.6 Å². The fourth-order valence-corrected chi connectivity index (χ4v) is 5.47. The minimum Gasteiger partial charge on any atom is -0.349 e. The third kappa shape index (κ3) is 6.47. The van der Waals surface area contributed by atoms with E-state index in [4.69, 9.17) is 4.52 Å². The van der Waals surface area contributed by atoms with Crippen molar-refractivity contribution in [3.05, 3.63) is 47.6 Å². The van der Waals surface area contributed by atoms with Crippen LogP contribution in [0.4, 0.5) is 0 Å². The van der Waals surface area contributed by atoms with Crippen LogP contribution in [0, 0.1) is 11.8 Å². The standard InChI is InChI=1S/C24H33N5O2.2ClH/c30-23(22-26-24(31-27-22)21-17-29-14-9-20(21)10-15-29)25-11-6-18-7-12-28(13-8-18)16-19-4-2-1-3-5-19;;/h1-5,18,20-21H,6-17H2,(H,25,30);2*1H. The molecule has 4 aliphatic rings. The summed E-state index contributed by atoms with van der Waals surface area (Å²) in [6.45, 7) is 7.29. The maximum absolute atomic E-state index is 12.5. The Morgan fingerprint density at radius 3 is 2.42 bits per heavy atom. The van der Waals surface area contributed by atoms with Crippen molar-refractivity contribution in [1.29, 1.82) is 0 Å². The second-order valence-corrected chi connectivity index (χ2v) is 9.45. The van der Waals surface area contributed by atoms with Crippen molar-refractivity contribution >= 4 is 30.7 Å². The number of nitrogens with one attached hydrogen (secondary N) is 1. The van der Waals surface area contributed by atoms with E-state index in [-0.39, 0.29) is 42.5 Å². The molecule has 1 atom stereocenters. The van der Waals surface area contributed by atoms with Crippen molar-refractivity contribution in [2.45, 2.75) is 44.6 Å². The molecule has 0 aliphatic carbocycles. The molecule has 1 unspecified atom stereocenters. The van der Waals surface area contributed by atoms with Crippen LogP contribution >= 0.6 is 24.8 Å². The van der Waals surface area contributed by atoms with E-state index < -0.39 is 0 Å². The molecule has 4 fully saturated rings. The number of rotatable bonds is 7. The minimum absolute atomic E-state index is 0. The lowest BCUT2D eigenvalue weighted by Gasteiger charge is -2.43. The summed E-state index contributed by atoms with van der Waals surface area (Å²) < 4.78 is 5.48. The SMILES string of the molecule is Cl.Cl.O=C(NCCC1CCN(Cc2ccccc2)CC1)c1noc(C2CN3CCC2CC3)n1. The molecular weight excluding hydrogens is 461 g/mol. The first kappa shape index (κ1) is 25.9. The molecule has 4 aliphatic heterocycles. The number of piperidine rings is 4. The van der Waals surface area contributed by atoms with Crippen LogP contribution in [-0.2, 0) is 6.54 Å². The number of hydrogen-bond donors (Lipinski definition) is 1. The minimum atomic E-state index is -0.210. The number of carbonyl (C=O) groups excluding carboxylic acids is 1. The van der Waals surface area contributed by atoms with Gasteiger partial charge in [0.25, 0.3) is 11.7 Å². The van der Waals surface area contributed by atoms with Gasteiger partial charge in [0.05, 0.1) is 5.92 Å². The Labute approximate surface area is 208 Å². The summed E-state index contributed by atoms with van der Waals surface area (Å²) in [6.07, 6.45) is 5.77. The van der Waals surface area contributed by atoms with Gasteiger partial charge in [0, 0.05) is 19.6 Å². The maximum atomic E-state index is 12.5. The maximum Gasteiger partial charge on any atom is 0.292 e. The number of halogens is 2. The van der Waals surface area contributed by atoms with Crippen LogP contribution in [-0.4, -0.2) is 65.1 Å². The topological polar surface area (TPSA) is 74.5 Å². The number of likely N-dealkylation sites (tertiary alicyclic amines) is 1. The van der Waals surface area contributed by atoms with Crippen LogP contribution in [0.5, 0.6) is 0 Å². The average Bonchev–Trinajstić information content (AvgIpc) is 3.32. The number of nitrogens with zero attached hydrogens (tertiary/aromatic N) is 4. The number of hydrogen-bond acceptors (Lipinski definition) is 6. The third-order valence-corrected chi connectivity index (χ3v) is 7.41. The Balaban J connectivity index is 0.00000153. The lowest BCUT2D eigenvalue weighted by Crippen LogP contribution is -2.46. The highest BCUT2D eigenvalue weighted by Gasteiger charge is 2.38. The Morgan fingerprint density at radius 2 is 1.76 bits per heavy atom. The molecule has 33 heavy (non-hydrogen) atoms. The molecule has 1 aromatic heterocycles. The molecule has 0 radical (unpaired) electrons. The Bertz CT molecular complexity index is 865. The van der Waals surface area contributed by atoms with E-state index in [1.807, 2.05) is 0 Å². The first-order valence-electron chi connectivity index (χ1n) is 11.8. The molecular formula is C24H35Cl2N5O2. The number of benzene rings is 1. The molecule has 1 aromatic carbocycles.